The topological polar surface area (TPSA) is 55.0 Å². The van der Waals surface area contributed by atoms with E-state index >= 15 is 0 Å². The normalized spacial score (nSPS) is 9.89. The molecule has 1 heterocycles. The van der Waals surface area contributed by atoms with Crippen molar-refractivity contribution in [1.29, 1.82) is 0 Å². The third kappa shape index (κ3) is 2.47. The zero-order chi connectivity index (χ0) is 13.0. The average molecular weight is 263 g/mol. The van der Waals surface area contributed by atoms with Crippen molar-refractivity contribution < 1.29 is 9.53 Å². The molecule has 0 aliphatic rings. The predicted molar refractivity (Wildman–Crippen MR) is 69.6 cm³/mol. The van der Waals surface area contributed by atoms with Crippen molar-refractivity contribution in [3.8, 4) is 11.8 Å². The maximum atomic E-state index is 11.4. The summed E-state index contributed by atoms with van der Waals surface area (Å²) in [5, 5.41) is 7.82. The Labute approximate surface area is 109 Å². The number of H-pyrrole nitrogens is 1. The minimum Gasteiger partial charge on any atom is -0.465 e. The summed E-state index contributed by atoms with van der Waals surface area (Å²) >= 11 is 5.55. The molecule has 0 spiro atoms. The van der Waals surface area contributed by atoms with Gasteiger partial charge in [-0.25, -0.2) is 4.79 Å². The summed E-state index contributed by atoms with van der Waals surface area (Å²) in [5.74, 6) is 6.02. The van der Waals surface area contributed by atoms with Crippen LogP contribution in [0.25, 0.3) is 10.9 Å². The van der Waals surface area contributed by atoms with E-state index in [1.165, 1.54) is 7.11 Å². The summed E-state index contributed by atoms with van der Waals surface area (Å²) in [6, 6.07) is 5.16. The standard InChI is InChI=1S/C13H11ClN2O2/c1-18-13(17)9-5-6-10-11(4-2-3-7-14)15-16-12(10)8-9/h5-6,8H,3,7H2,1H3,(H,15,16). The molecule has 0 bridgehead atoms. The van der Waals surface area contributed by atoms with Crippen molar-refractivity contribution in [2.45, 2.75) is 6.42 Å². The Hall–Kier alpha value is -1.99. The number of nitrogens with zero attached hydrogens (tertiary/aromatic N) is 1. The monoisotopic (exact) mass is 262 g/mol. The molecule has 0 fully saturated rings. The molecule has 92 valence electrons. The van der Waals surface area contributed by atoms with Gasteiger partial charge in [-0.2, -0.15) is 5.10 Å². The Balaban J connectivity index is 2.38. The summed E-state index contributed by atoms with van der Waals surface area (Å²) in [6.07, 6.45) is 0.627. The van der Waals surface area contributed by atoms with Gasteiger partial charge in [0.2, 0.25) is 0 Å². The minimum absolute atomic E-state index is 0.380. The van der Waals surface area contributed by atoms with Crippen molar-refractivity contribution in [2.75, 3.05) is 13.0 Å². The van der Waals surface area contributed by atoms with E-state index in [1.807, 2.05) is 0 Å². The Morgan fingerprint density at radius 2 is 2.39 bits per heavy atom. The lowest BCUT2D eigenvalue weighted by molar-refractivity contribution is 0.0601. The van der Waals surface area contributed by atoms with Gasteiger partial charge in [-0.3, -0.25) is 5.10 Å². The van der Waals surface area contributed by atoms with Crippen molar-refractivity contribution in [1.82, 2.24) is 10.2 Å². The van der Waals surface area contributed by atoms with Crippen LogP contribution in [0.15, 0.2) is 18.2 Å². The fourth-order valence-electron chi connectivity index (χ4n) is 1.55. The molecular formula is C13H11ClN2O2. The van der Waals surface area contributed by atoms with Crippen molar-refractivity contribution >= 4 is 28.5 Å². The first-order chi connectivity index (χ1) is 8.76. The Morgan fingerprint density at radius 1 is 1.56 bits per heavy atom. The first kappa shape index (κ1) is 12.5. The van der Waals surface area contributed by atoms with E-state index in [4.69, 9.17) is 11.6 Å². The maximum Gasteiger partial charge on any atom is 0.337 e. The number of esters is 1. The first-order valence-corrected chi connectivity index (χ1v) is 5.91. The second kappa shape index (κ2) is 5.56. The number of rotatable bonds is 2. The van der Waals surface area contributed by atoms with Gasteiger partial charge in [-0.1, -0.05) is 5.92 Å². The highest BCUT2D eigenvalue weighted by molar-refractivity contribution is 6.18. The van der Waals surface area contributed by atoms with E-state index < -0.39 is 0 Å². The van der Waals surface area contributed by atoms with Gasteiger partial charge >= 0.3 is 5.97 Å². The number of fused-ring (bicyclic) bond motifs is 1. The fraction of sp³-hybridized carbons (Fsp3) is 0.231. The van der Waals surface area contributed by atoms with E-state index in [2.05, 4.69) is 26.8 Å². The maximum absolute atomic E-state index is 11.4. The molecule has 0 radical (unpaired) electrons. The minimum atomic E-state index is -0.380. The predicted octanol–water partition coefficient (Wildman–Crippen LogP) is 2.33. The van der Waals surface area contributed by atoms with Gasteiger partial charge in [0.05, 0.1) is 18.2 Å². The highest BCUT2D eigenvalue weighted by Crippen LogP contribution is 2.17. The summed E-state index contributed by atoms with van der Waals surface area (Å²) in [5.41, 5.74) is 1.89. The lowest BCUT2D eigenvalue weighted by atomic mass is 10.1. The zero-order valence-electron chi connectivity index (χ0n) is 9.79. The summed E-state index contributed by atoms with van der Waals surface area (Å²) < 4.78 is 4.65. The van der Waals surface area contributed by atoms with Crippen LogP contribution >= 0.6 is 11.6 Å². The molecular weight excluding hydrogens is 252 g/mol. The SMILES string of the molecule is COC(=O)c1ccc2c(C#CCCCl)[nH]nc2c1. The molecule has 18 heavy (non-hydrogen) atoms. The lowest BCUT2D eigenvalue weighted by Gasteiger charge is -1.97. The highest BCUT2D eigenvalue weighted by Gasteiger charge is 2.09. The fourth-order valence-corrected chi connectivity index (χ4v) is 1.64. The molecule has 2 rings (SSSR count). The summed E-state index contributed by atoms with van der Waals surface area (Å²) in [6.45, 7) is 0. The molecule has 5 heteroatoms. The number of benzene rings is 1. The van der Waals surface area contributed by atoms with Crippen LogP contribution < -0.4 is 0 Å². The summed E-state index contributed by atoms with van der Waals surface area (Å²) in [7, 11) is 1.35. The number of aromatic amines is 1. The Kier molecular flexibility index (Phi) is 3.85. The first-order valence-electron chi connectivity index (χ1n) is 5.37. The number of ether oxygens (including phenoxy) is 1. The molecule has 4 nitrogen and oxygen atoms in total. The number of alkyl halides is 1. The van der Waals surface area contributed by atoms with E-state index in [1.54, 1.807) is 18.2 Å². The van der Waals surface area contributed by atoms with Crippen LogP contribution in [0.1, 0.15) is 22.5 Å². The molecule has 2 aromatic rings. The van der Waals surface area contributed by atoms with Gasteiger partial charge in [0, 0.05) is 17.7 Å². The quantitative estimate of drug-likeness (QED) is 0.513. The van der Waals surface area contributed by atoms with Gasteiger partial charge in [-0.05, 0) is 24.1 Å². The van der Waals surface area contributed by atoms with Crippen molar-refractivity contribution in [2.24, 2.45) is 0 Å². The Bertz CT molecular complexity index is 637. The molecule has 1 N–H and O–H groups in total. The molecule has 0 saturated carbocycles. The average Bonchev–Trinajstić information content (AvgIpc) is 2.80. The van der Waals surface area contributed by atoms with Gasteiger partial charge in [0.15, 0.2) is 0 Å². The van der Waals surface area contributed by atoms with Crippen LogP contribution in [0, 0.1) is 11.8 Å². The molecule has 0 atom stereocenters. The molecule has 1 aromatic carbocycles. The van der Waals surface area contributed by atoms with E-state index in [0.29, 0.717) is 23.4 Å². The number of hydrogen-bond acceptors (Lipinski definition) is 3. The number of nitrogens with one attached hydrogen (secondary N) is 1. The number of carbonyl (C=O) groups excluding carboxylic acids is 1. The molecule has 0 amide bonds. The largest absolute Gasteiger partial charge is 0.465 e. The van der Waals surface area contributed by atoms with Gasteiger partial charge < -0.3 is 4.74 Å². The molecule has 0 aliphatic carbocycles. The zero-order valence-corrected chi connectivity index (χ0v) is 10.5. The second-order valence-electron chi connectivity index (χ2n) is 3.56. The lowest BCUT2D eigenvalue weighted by Crippen LogP contribution is -2.00. The van der Waals surface area contributed by atoms with Crippen molar-refractivity contribution in [3.05, 3.63) is 29.5 Å². The van der Waals surface area contributed by atoms with Crippen molar-refractivity contribution in [3.63, 3.8) is 0 Å². The van der Waals surface area contributed by atoms with E-state index in [0.717, 1.165) is 11.1 Å². The van der Waals surface area contributed by atoms with Crippen LogP contribution in [0.2, 0.25) is 0 Å². The van der Waals surface area contributed by atoms with Crippen LogP contribution in [0.5, 0.6) is 0 Å². The van der Waals surface area contributed by atoms with E-state index in [9.17, 15) is 4.79 Å². The van der Waals surface area contributed by atoms with Gasteiger partial charge in [0.1, 0.15) is 5.69 Å². The number of halogens is 1. The number of aromatic nitrogens is 2. The second-order valence-corrected chi connectivity index (χ2v) is 3.94. The van der Waals surface area contributed by atoms with Crippen LogP contribution in [0.3, 0.4) is 0 Å². The van der Waals surface area contributed by atoms with E-state index in [-0.39, 0.29) is 5.97 Å². The van der Waals surface area contributed by atoms with Crippen LogP contribution in [0.4, 0.5) is 0 Å². The molecule has 1 aromatic heterocycles. The number of hydrogen-bond donors (Lipinski definition) is 1. The molecule has 0 saturated heterocycles. The smallest absolute Gasteiger partial charge is 0.337 e. The Morgan fingerprint density at radius 3 is 3.11 bits per heavy atom. The van der Waals surface area contributed by atoms with Crippen LogP contribution in [-0.2, 0) is 4.74 Å². The molecule has 0 aliphatic heterocycles. The van der Waals surface area contributed by atoms with Crippen LogP contribution in [-0.4, -0.2) is 29.2 Å². The van der Waals surface area contributed by atoms with Gasteiger partial charge in [0.25, 0.3) is 0 Å². The summed E-state index contributed by atoms with van der Waals surface area (Å²) in [4.78, 5) is 11.4. The number of methoxy groups -OCH3 is 1. The third-order valence-corrected chi connectivity index (χ3v) is 2.60. The molecule has 0 unspecified atom stereocenters. The number of carbonyl (C=O) groups is 1. The highest BCUT2D eigenvalue weighted by atomic mass is 35.5. The third-order valence-electron chi connectivity index (χ3n) is 2.41. The van der Waals surface area contributed by atoms with Gasteiger partial charge in [-0.15, -0.1) is 11.6 Å².